The first-order valence-electron chi connectivity index (χ1n) is 26.3. The van der Waals surface area contributed by atoms with E-state index in [1.54, 1.807) is 18.2 Å². The summed E-state index contributed by atoms with van der Waals surface area (Å²) in [7, 11) is 0. The Kier molecular flexibility index (Phi) is 22.2. The maximum atomic E-state index is 13.4. The number of hydrogen-bond donors (Lipinski definition) is 4. The minimum atomic E-state index is -5.00. The average Bonchev–Trinajstić information content (AvgIpc) is 3.77. The van der Waals surface area contributed by atoms with Crippen molar-refractivity contribution in [2.75, 3.05) is 51.3 Å². The molecule has 18 heteroatoms. The molecule has 4 aromatic carbocycles. The summed E-state index contributed by atoms with van der Waals surface area (Å²) in [5, 5.41) is 7.70. The third-order valence-electron chi connectivity index (χ3n) is 13.9. The number of nitrogens with one attached hydrogen (secondary N) is 3. The molecule has 3 unspecified atom stereocenters. The largest absolute Gasteiger partial charge is 0.493 e. The van der Waals surface area contributed by atoms with E-state index in [1.165, 1.54) is 73.5 Å². The molecule has 3 aliphatic carbocycles. The molecule has 1 heterocycles. The van der Waals surface area contributed by atoms with Crippen LogP contribution < -0.4 is 26.4 Å². The third-order valence-corrected chi connectivity index (χ3v) is 13.9. The summed E-state index contributed by atoms with van der Waals surface area (Å²) in [6, 6.07) is 25.4. The molecule has 0 aromatic heterocycles. The predicted molar refractivity (Wildman–Crippen MR) is 281 cm³/mol. The van der Waals surface area contributed by atoms with Crippen LogP contribution in [0.3, 0.4) is 0 Å². The lowest BCUT2D eigenvalue weighted by Gasteiger charge is -2.37. The highest BCUT2D eigenvalue weighted by Crippen LogP contribution is 2.33. The van der Waals surface area contributed by atoms with Gasteiger partial charge < -0.3 is 31.2 Å². The number of hydrogen-bond acceptors (Lipinski definition) is 7. The van der Waals surface area contributed by atoms with E-state index in [-0.39, 0.29) is 24.2 Å². The van der Waals surface area contributed by atoms with Crippen LogP contribution in [0.15, 0.2) is 133 Å². The summed E-state index contributed by atoms with van der Waals surface area (Å²) in [4.78, 5) is 25.7. The third kappa shape index (κ3) is 20.7. The lowest BCUT2D eigenvalue weighted by molar-refractivity contribution is -0.175. The highest BCUT2D eigenvalue weighted by atomic mass is 19.4. The summed E-state index contributed by atoms with van der Waals surface area (Å²) in [6.07, 6.45) is 10.6. The van der Waals surface area contributed by atoms with Gasteiger partial charge in [-0.15, -0.1) is 0 Å². The Morgan fingerprint density at radius 3 is 1.74 bits per heavy atom. The first kappa shape index (κ1) is 60.1. The Hall–Kier alpha value is -6.11. The highest BCUT2D eigenvalue weighted by molar-refractivity contribution is 5.83. The fraction of sp³-hybridized carbons (Fsp3) is 0.458. The molecule has 4 aromatic rings. The molecule has 9 nitrogen and oxygen atoms in total. The van der Waals surface area contributed by atoms with Crippen molar-refractivity contribution in [2.45, 2.75) is 125 Å². The number of nitrogens with zero attached hydrogens (tertiary/aromatic N) is 1. The predicted octanol–water partition coefficient (Wildman–Crippen LogP) is 12.2. The van der Waals surface area contributed by atoms with Crippen molar-refractivity contribution in [1.29, 1.82) is 0 Å². The van der Waals surface area contributed by atoms with Crippen molar-refractivity contribution in [2.24, 2.45) is 5.73 Å². The van der Waals surface area contributed by atoms with Crippen LogP contribution in [0.5, 0.6) is 5.75 Å². The van der Waals surface area contributed by atoms with Gasteiger partial charge in [0.2, 0.25) is 0 Å². The van der Waals surface area contributed by atoms with E-state index in [2.05, 4.69) is 33.0 Å². The number of ether oxygens (including phenoxy) is 2. The van der Waals surface area contributed by atoms with Gasteiger partial charge in [0.15, 0.2) is 0 Å². The van der Waals surface area contributed by atoms with Crippen LogP contribution in [0.2, 0.25) is 0 Å². The number of amides is 2. The SMILES string of the molecule is NC1(Cc2ccc(F)cc2)C=CCCCC1.O=C(NC1(Cc2ccc(F)cc2)C=C(CNc2cccc(OCCCN3CCOCC3)c2)CCC1)C(F)(F)F.O=C(NC1(Cc2ccc(F)cc2)C=CCCCC1)C(F)(F)F. The molecule has 1 fully saturated rings. The van der Waals surface area contributed by atoms with Crippen LogP contribution in [0, 0.1) is 17.5 Å². The van der Waals surface area contributed by atoms with E-state index in [0.29, 0.717) is 56.4 Å². The number of allylic oxidation sites excluding steroid dienone is 2. The van der Waals surface area contributed by atoms with Crippen molar-refractivity contribution >= 4 is 17.5 Å². The van der Waals surface area contributed by atoms with Crippen LogP contribution in [-0.4, -0.2) is 91.7 Å². The smallest absolute Gasteiger partial charge is 0.471 e. The second-order valence-corrected chi connectivity index (χ2v) is 20.3. The molecule has 4 aliphatic rings. The molecule has 2 amide bonds. The lowest BCUT2D eigenvalue weighted by atomic mass is 9.79. The molecule has 1 saturated heterocycles. The Balaban J connectivity index is 0.000000211. The van der Waals surface area contributed by atoms with E-state index < -0.39 is 46.9 Å². The summed E-state index contributed by atoms with van der Waals surface area (Å²) < 4.78 is 128. The fourth-order valence-electron chi connectivity index (χ4n) is 9.97. The maximum absolute atomic E-state index is 13.4. The van der Waals surface area contributed by atoms with E-state index in [1.807, 2.05) is 36.4 Å². The van der Waals surface area contributed by atoms with Gasteiger partial charge in [-0.1, -0.05) is 91.3 Å². The van der Waals surface area contributed by atoms with Crippen molar-refractivity contribution in [3.8, 4) is 5.75 Å². The number of rotatable bonds is 16. The van der Waals surface area contributed by atoms with Crippen LogP contribution in [0.1, 0.15) is 93.7 Å². The standard InChI is InChI=1S/C29H35F4N3O3.C16H17F4NO.C14H18FN/c30-24-9-7-22(8-10-24)19-28(35-27(37)29(31,32)33)11-2-4-23(20-28)21-34-25-5-1-6-26(18-25)39-15-3-12-36-13-16-38-17-14-36;17-13-7-5-12(6-8-13)11-15(9-3-1-2-4-10-15)21-14(22)16(18,19)20;15-13-7-5-12(6-8-13)11-14(16)9-3-1-2-4-10-14/h1,5-10,18,20,34H,2-4,11-17,19,21H2,(H,35,37);3,5-9H,1-2,4,10-11H2,(H,21,22);3,5-9H,1-2,4,10-11,16H2. The normalized spacial score (nSPS) is 21.9. The van der Waals surface area contributed by atoms with Gasteiger partial charge in [-0.3, -0.25) is 14.5 Å². The molecule has 0 bridgehead atoms. The van der Waals surface area contributed by atoms with Crippen LogP contribution >= 0.6 is 0 Å². The topological polar surface area (TPSA) is 118 Å². The highest BCUT2D eigenvalue weighted by Gasteiger charge is 2.45. The zero-order valence-electron chi connectivity index (χ0n) is 43.2. The van der Waals surface area contributed by atoms with Crippen molar-refractivity contribution in [3.63, 3.8) is 0 Å². The monoisotopic (exact) mass is 1080 g/mol. The van der Waals surface area contributed by atoms with Gasteiger partial charge in [-0.25, -0.2) is 13.2 Å². The Morgan fingerprint density at radius 1 is 0.636 bits per heavy atom. The van der Waals surface area contributed by atoms with Gasteiger partial charge in [-0.05, 0) is 149 Å². The molecule has 77 heavy (non-hydrogen) atoms. The number of nitrogens with two attached hydrogens (primary N) is 1. The summed E-state index contributed by atoms with van der Waals surface area (Å²) >= 11 is 0. The number of alkyl halides is 6. The molecule has 418 valence electrons. The minimum Gasteiger partial charge on any atom is -0.493 e. The van der Waals surface area contributed by atoms with Gasteiger partial charge in [0.05, 0.1) is 30.9 Å². The number of carbonyl (C=O) groups excluding carboxylic acids is 2. The Bertz CT molecular complexity index is 2570. The Morgan fingerprint density at radius 2 is 1.16 bits per heavy atom. The van der Waals surface area contributed by atoms with Gasteiger partial charge in [-0.2, -0.15) is 26.3 Å². The molecular formula is C59H70F9N5O4. The van der Waals surface area contributed by atoms with Gasteiger partial charge in [0, 0.05) is 43.5 Å². The van der Waals surface area contributed by atoms with Gasteiger partial charge >= 0.3 is 24.2 Å². The first-order chi connectivity index (χ1) is 36.7. The quantitative estimate of drug-likeness (QED) is 0.0501. The fourth-order valence-corrected chi connectivity index (χ4v) is 9.97. The van der Waals surface area contributed by atoms with Crippen LogP contribution in [0.4, 0.5) is 45.2 Å². The number of anilines is 1. The van der Waals surface area contributed by atoms with E-state index >= 15 is 0 Å². The number of halogens is 9. The molecule has 3 atom stereocenters. The molecular weight excluding hydrogens is 1010 g/mol. The summed E-state index contributed by atoms with van der Waals surface area (Å²) in [6.45, 7) is 5.39. The molecule has 1 aliphatic heterocycles. The second kappa shape index (κ2) is 28.5. The summed E-state index contributed by atoms with van der Waals surface area (Å²) in [5.74, 6) is -4.21. The molecule has 0 saturated carbocycles. The summed E-state index contributed by atoms with van der Waals surface area (Å²) in [5.41, 5.74) is 7.95. The van der Waals surface area contributed by atoms with E-state index in [0.717, 1.165) is 93.9 Å². The van der Waals surface area contributed by atoms with Crippen molar-refractivity contribution in [3.05, 3.63) is 167 Å². The molecule has 8 rings (SSSR count). The van der Waals surface area contributed by atoms with Gasteiger partial charge in [0.1, 0.15) is 23.2 Å². The minimum absolute atomic E-state index is 0.131. The maximum Gasteiger partial charge on any atom is 0.471 e. The van der Waals surface area contributed by atoms with E-state index in [9.17, 15) is 49.1 Å². The van der Waals surface area contributed by atoms with Crippen molar-refractivity contribution < 1.29 is 58.6 Å². The average molecular weight is 1080 g/mol. The molecule has 0 radical (unpaired) electrons. The molecule has 5 N–H and O–H groups in total. The number of benzene rings is 4. The number of morpholine rings is 1. The van der Waals surface area contributed by atoms with Crippen LogP contribution in [-0.2, 0) is 33.6 Å². The first-order valence-corrected chi connectivity index (χ1v) is 26.3. The zero-order valence-corrected chi connectivity index (χ0v) is 43.2. The van der Waals surface area contributed by atoms with E-state index in [4.69, 9.17) is 15.2 Å². The van der Waals surface area contributed by atoms with Crippen molar-refractivity contribution in [1.82, 2.24) is 15.5 Å². The van der Waals surface area contributed by atoms with Crippen LogP contribution in [0.25, 0.3) is 0 Å². The van der Waals surface area contributed by atoms with Gasteiger partial charge in [0.25, 0.3) is 0 Å². The second-order valence-electron chi connectivity index (χ2n) is 20.3. The molecule has 0 spiro atoms. The Labute approximate surface area is 445 Å². The zero-order chi connectivity index (χ0) is 55.4. The number of carbonyl (C=O) groups is 2. The lowest BCUT2D eigenvalue weighted by Crippen LogP contribution is -2.54.